The predicted octanol–water partition coefficient (Wildman–Crippen LogP) is 1.22. The molecule has 1 nitrogen and oxygen atoms in total. The van der Waals surface area contributed by atoms with Crippen LogP contribution in [0.3, 0.4) is 0 Å². The fourth-order valence-electron chi connectivity index (χ4n) is 0.614. The summed E-state index contributed by atoms with van der Waals surface area (Å²) in [7, 11) is 0. The minimum atomic E-state index is -0.0586. The van der Waals surface area contributed by atoms with Gasteiger partial charge >= 0.3 is 0 Å². The Morgan fingerprint density at radius 3 is 2.56 bits per heavy atom. The maximum Gasteiger partial charge on any atom is 0.0623 e. The van der Waals surface area contributed by atoms with E-state index in [1.54, 1.807) is 0 Å². The van der Waals surface area contributed by atoms with Gasteiger partial charge in [0.1, 0.15) is 0 Å². The van der Waals surface area contributed by atoms with Crippen LogP contribution in [0.15, 0.2) is 30.3 Å². The lowest BCUT2D eigenvalue weighted by atomic mass is 10.2. The molecule has 0 bridgehead atoms. The molecule has 1 heteroatoms. The van der Waals surface area contributed by atoms with Gasteiger partial charge < -0.3 is 5.11 Å². The van der Waals surface area contributed by atoms with Gasteiger partial charge in [-0.05, 0) is 12.0 Å². The SMILES string of the molecule is [2H]c1cc(CCO)cc([2H])c1[2H]. The molecule has 0 saturated heterocycles. The van der Waals surface area contributed by atoms with Crippen molar-refractivity contribution >= 4 is 0 Å². The van der Waals surface area contributed by atoms with Crippen LogP contribution in [-0.2, 0) is 6.42 Å². The second-order valence-electron chi connectivity index (χ2n) is 1.75. The molecule has 0 radical (unpaired) electrons. The van der Waals surface area contributed by atoms with Crippen molar-refractivity contribution < 1.29 is 9.22 Å². The number of aliphatic hydroxyl groups excluding tert-OH is 1. The number of hydrogen-bond donors (Lipinski definition) is 1. The summed E-state index contributed by atoms with van der Waals surface area (Å²) in [5.74, 6) is 0. The van der Waals surface area contributed by atoms with Crippen molar-refractivity contribution in [3.63, 3.8) is 0 Å². The zero-order valence-electron chi connectivity index (χ0n) is 8.02. The smallest absolute Gasteiger partial charge is 0.0623 e. The molecule has 1 N–H and O–H groups in total. The van der Waals surface area contributed by atoms with Gasteiger partial charge in [0.05, 0.1) is 4.11 Å². The highest BCUT2D eigenvalue weighted by molar-refractivity contribution is 5.14. The van der Waals surface area contributed by atoms with Crippen LogP contribution in [0.1, 0.15) is 9.68 Å². The van der Waals surface area contributed by atoms with Crippen LogP contribution in [0.4, 0.5) is 0 Å². The molecular weight excluding hydrogens is 112 g/mol. The molecule has 0 atom stereocenters. The third-order valence-corrected chi connectivity index (χ3v) is 1.06. The Morgan fingerprint density at radius 2 is 2.00 bits per heavy atom. The molecule has 0 heterocycles. The third kappa shape index (κ3) is 1.86. The van der Waals surface area contributed by atoms with Gasteiger partial charge in [-0.2, -0.15) is 0 Å². The molecule has 48 valence electrons. The molecular formula is C8H10O. The first-order valence-corrected chi connectivity index (χ1v) is 2.82. The average Bonchev–Trinajstić information content (AvgIpc) is 2.01. The topological polar surface area (TPSA) is 20.2 Å². The van der Waals surface area contributed by atoms with E-state index in [2.05, 4.69) is 0 Å². The maximum absolute atomic E-state index is 8.60. The van der Waals surface area contributed by atoms with Crippen molar-refractivity contribution in [1.29, 1.82) is 0 Å². The van der Waals surface area contributed by atoms with E-state index in [0.717, 1.165) is 5.56 Å². The van der Waals surface area contributed by atoms with E-state index in [1.165, 1.54) is 12.1 Å². The van der Waals surface area contributed by atoms with E-state index in [1.807, 2.05) is 0 Å². The highest BCUT2D eigenvalue weighted by Gasteiger charge is 1.85. The van der Waals surface area contributed by atoms with Crippen LogP contribution in [0.25, 0.3) is 0 Å². The summed E-state index contributed by atoms with van der Waals surface area (Å²) in [5.41, 5.74) is 0.739. The van der Waals surface area contributed by atoms with Crippen LogP contribution in [-0.4, -0.2) is 11.7 Å². The Kier molecular flexibility index (Phi) is 1.22. The molecule has 0 unspecified atom stereocenters. The van der Waals surface area contributed by atoms with E-state index in [-0.39, 0.29) is 24.7 Å². The number of aliphatic hydroxyl groups is 1. The number of hydrogen-bond acceptors (Lipinski definition) is 1. The summed E-state index contributed by atoms with van der Waals surface area (Å²) < 4.78 is 21.8. The van der Waals surface area contributed by atoms with Crippen LogP contribution in [0.5, 0.6) is 0 Å². The molecule has 0 aliphatic rings. The van der Waals surface area contributed by atoms with Gasteiger partial charge in [-0.1, -0.05) is 30.3 Å². The molecule has 0 aliphatic heterocycles. The lowest BCUT2D eigenvalue weighted by Gasteiger charge is -1.93. The predicted molar refractivity (Wildman–Crippen MR) is 37.2 cm³/mol. The summed E-state index contributed by atoms with van der Waals surface area (Å²) in [6, 6.07) is 3.06. The summed E-state index contributed by atoms with van der Waals surface area (Å²) >= 11 is 0. The summed E-state index contributed by atoms with van der Waals surface area (Å²) in [6.07, 6.45) is 0.442. The molecule has 0 aromatic heterocycles. The Labute approximate surface area is 59.2 Å². The molecule has 1 rings (SSSR count). The van der Waals surface area contributed by atoms with Crippen molar-refractivity contribution in [2.75, 3.05) is 6.61 Å². The van der Waals surface area contributed by atoms with E-state index < -0.39 is 0 Å². The van der Waals surface area contributed by atoms with E-state index in [9.17, 15) is 0 Å². The first kappa shape index (κ1) is 3.37. The molecule has 0 fully saturated rings. The van der Waals surface area contributed by atoms with Gasteiger partial charge in [0.15, 0.2) is 0 Å². The second-order valence-corrected chi connectivity index (χ2v) is 1.75. The van der Waals surface area contributed by atoms with Gasteiger partial charge in [-0.25, -0.2) is 0 Å². The highest BCUT2D eigenvalue weighted by Crippen LogP contribution is 1.97. The van der Waals surface area contributed by atoms with Gasteiger partial charge in [-0.3, -0.25) is 0 Å². The Balaban J connectivity index is 3.04. The number of benzene rings is 1. The first-order chi connectivity index (χ1) is 5.65. The average molecular weight is 125 g/mol. The molecule has 9 heavy (non-hydrogen) atoms. The van der Waals surface area contributed by atoms with Crippen LogP contribution >= 0.6 is 0 Å². The highest BCUT2D eigenvalue weighted by atomic mass is 16.2. The normalized spacial score (nSPS) is 14.1. The Morgan fingerprint density at radius 1 is 1.33 bits per heavy atom. The van der Waals surface area contributed by atoms with Crippen molar-refractivity contribution in [1.82, 2.24) is 0 Å². The largest absolute Gasteiger partial charge is 0.396 e. The van der Waals surface area contributed by atoms with Crippen LogP contribution in [0.2, 0.25) is 0 Å². The Bertz CT molecular complexity index is 263. The monoisotopic (exact) mass is 125 g/mol. The zero-order valence-corrected chi connectivity index (χ0v) is 5.02. The zero-order chi connectivity index (χ0) is 9.14. The summed E-state index contributed by atoms with van der Waals surface area (Å²) in [6.45, 7) is 0.0101. The second kappa shape index (κ2) is 3.25. The molecule has 0 amide bonds. The third-order valence-electron chi connectivity index (χ3n) is 1.06. The fourth-order valence-corrected chi connectivity index (χ4v) is 0.614. The van der Waals surface area contributed by atoms with Crippen molar-refractivity contribution in [2.24, 2.45) is 0 Å². The van der Waals surface area contributed by atoms with Gasteiger partial charge in [0, 0.05) is 6.61 Å². The van der Waals surface area contributed by atoms with E-state index >= 15 is 0 Å². The first-order valence-electron chi connectivity index (χ1n) is 4.32. The molecule has 0 saturated carbocycles. The van der Waals surface area contributed by atoms with E-state index in [4.69, 9.17) is 9.22 Å². The molecule has 0 spiro atoms. The lowest BCUT2D eigenvalue weighted by molar-refractivity contribution is 0.299. The fraction of sp³-hybridized carbons (Fsp3) is 0.250. The standard InChI is InChI=1S/C8H10O/c9-7-6-8-4-2-1-3-5-8/h1-5,9H,6-7H2/i1D,2D,3D. The number of rotatable bonds is 2. The quantitative estimate of drug-likeness (QED) is 0.630. The lowest BCUT2D eigenvalue weighted by Crippen LogP contribution is -1.88. The van der Waals surface area contributed by atoms with Gasteiger partial charge in [0.25, 0.3) is 0 Å². The minimum Gasteiger partial charge on any atom is -0.396 e. The molecule has 1 aromatic carbocycles. The van der Waals surface area contributed by atoms with Gasteiger partial charge in [-0.15, -0.1) is 0 Å². The summed E-state index contributed by atoms with van der Waals surface area (Å²) in [4.78, 5) is 0. The van der Waals surface area contributed by atoms with Gasteiger partial charge in [0.2, 0.25) is 0 Å². The Hall–Kier alpha value is -0.820. The van der Waals surface area contributed by atoms with Crippen LogP contribution in [0, 0.1) is 0 Å². The summed E-state index contributed by atoms with van der Waals surface area (Å²) in [5, 5.41) is 8.60. The van der Waals surface area contributed by atoms with Crippen molar-refractivity contribution in [3.8, 4) is 0 Å². The van der Waals surface area contributed by atoms with Crippen LogP contribution < -0.4 is 0 Å². The molecule has 1 aromatic rings. The minimum absolute atomic E-state index is 0.0101. The van der Waals surface area contributed by atoms with Crippen molar-refractivity contribution in [2.45, 2.75) is 6.42 Å². The molecule has 0 aliphatic carbocycles. The maximum atomic E-state index is 8.60. The van der Waals surface area contributed by atoms with Crippen molar-refractivity contribution in [3.05, 3.63) is 35.8 Å². The van der Waals surface area contributed by atoms with E-state index in [0.29, 0.717) is 6.42 Å².